The van der Waals surface area contributed by atoms with Gasteiger partial charge in [0.15, 0.2) is 8.32 Å². The van der Waals surface area contributed by atoms with Gasteiger partial charge in [-0.2, -0.15) is 0 Å². The molecule has 0 aromatic heterocycles. The highest BCUT2D eigenvalue weighted by molar-refractivity contribution is 6.74. The SMILES string of the molecule is CC(C)(C)[Si](C)(C)O[C@H](CCO)CCc1ccccc1. The maximum atomic E-state index is 9.27. The molecule has 1 rings (SSSR count). The van der Waals surface area contributed by atoms with Gasteiger partial charge in [0.25, 0.3) is 0 Å². The molecule has 0 aliphatic heterocycles. The summed E-state index contributed by atoms with van der Waals surface area (Å²) in [6, 6.07) is 10.5. The summed E-state index contributed by atoms with van der Waals surface area (Å²) >= 11 is 0. The van der Waals surface area contributed by atoms with Gasteiger partial charge in [-0.05, 0) is 43.0 Å². The zero-order chi connectivity index (χ0) is 15.2. The maximum absolute atomic E-state index is 9.27. The Labute approximate surface area is 125 Å². The molecule has 0 bridgehead atoms. The van der Waals surface area contributed by atoms with Crippen LogP contribution in [-0.4, -0.2) is 26.1 Å². The van der Waals surface area contributed by atoms with Crippen LogP contribution in [0.15, 0.2) is 30.3 Å². The van der Waals surface area contributed by atoms with Crippen LogP contribution >= 0.6 is 0 Å². The van der Waals surface area contributed by atoms with E-state index in [9.17, 15) is 5.11 Å². The van der Waals surface area contributed by atoms with E-state index in [-0.39, 0.29) is 17.7 Å². The predicted octanol–water partition coefficient (Wildman–Crippen LogP) is 4.39. The monoisotopic (exact) mass is 294 g/mol. The topological polar surface area (TPSA) is 29.5 Å². The van der Waals surface area contributed by atoms with Crippen LogP contribution in [0.2, 0.25) is 18.1 Å². The van der Waals surface area contributed by atoms with Crippen LogP contribution in [0, 0.1) is 0 Å². The van der Waals surface area contributed by atoms with Gasteiger partial charge in [-0.1, -0.05) is 51.1 Å². The molecule has 0 unspecified atom stereocenters. The number of aryl methyl sites for hydroxylation is 1. The molecule has 1 atom stereocenters. The van der Waals surface area contributed by atoms with Crippen molar-refractivity contribution in [3.63, 3.8) is 0 Å². The number of hydrogen-bond donors (Lipinski definition) is 1. The van der Waals surface area contributed by atoms with Crippen molar-refractivity contribution >= 4 is 8.32 Å². The van der Waals surface area contributed by atoms with E-state index in [0.717, 1.165) is 19.3 Å². The highest BCUT2D eigenvalue weighted by Crippen LogP contribution is 2.38. The van der Waals surface area contributed by atoms with Gasteiger partial charge in [0.05, 0.1) is 0 Å². The van der Waals surface area contributed by atoms with E-state index in [1.807, 2.05) is 6.07 Å². The lowest BCUT2D eigenvalue weighted by Gasteiger charge is -2.39. The van der Waals surface area contributed by atoms with Gasteiger partial charge in [-0.3, -0.25) is 0 Å². The van der Waals surface area contributed by atoms with Crippen LogP contribution in [0.3, 0.4) is 0 Å². The van der Waals surface area contributed by atoms with Crippen LogP contribution in [0.5, 0.6) is 0 Å². The van der Waals surface area contributed by atoms with E-state index in [2.05, 4.69) is 58.1 Å². The van der Waals surface area contributed by atoms with Gasteiger partial charge in [-0.25, -0.2) is 0 Å². The van der Waals surface area contributed by atoms with Crippen molar-refractivity contribution in [2.75, 3.05) is 6.61 Å². The molecule has 1 aromatic carbocycles. The molecule has 0 fully saturated rings. The van der Waals surface area contributed by atoms with E-state index in [1.54, 1.807) is 0 Å². The molecule has 0 spiro atoms. The summed E-state index contributed by atoms with van der Waals surface area (Å²) in [6.07, 6.45) is 2.90. The average Bonchev–Trinajstić information content (AvgIpc) is 2.36. The first-order valence-corrected chi connectivity index (χ1v) is 10.5. The van der Waals surface area contributed by atoms with E-state index in [4.69, 9.17) is 4.43 Å². The Bertz CT molecular complexity index is 382. The Hall–Kier alpha value is -0.643. The second-order valence-electron chi connectivity index (χ2n) is 7.04. The van der Waals surface area contributed by atoms with Crippen LogP contribution in [-0.2, 0) is 10.8 Å². The Morgan fingerprint density at radius 3 is 2.20 bits per heavy atom. The number of aliphatic hydroxyl groups excluding tert-OH is 1. The second kappa shape index (κ2) is 7.39. The minimum Gasteiger partial charge on any atom is -0.414 e. The van der Waals surface area contributed by atoms with Crippen LogP contribution in [0.25, 0.3) is 0 Å². The number of hydrogen-bond acceptors (Lipinski definition) is 2. The highest BCUT2D eigenvalue weighted by Gasteiger charge is 2.38. The lowest BCUT2D eigenvalue weighted by Crippen LogP contribution is -2.44. The third kappa shape index (κ3) is 5.39. The lowest BCUT2D eigenvalue weighted by atomic mass is 10.1. The summed E-state index contributed by atoms with van der Waals surface area (Å²) in [5, 5.41) is 9.48. The highest BCUT2D eigenvalue weighted by atomic mass is 28.4. The van der Waals surface area contributed by atoms with E-state index in [0.29, 0.717) is 0 Å². The molecule has 114 valence electrons. The van der Waals surface area contributed by atoms with Gasteiger partial charge in [0.2, 0.25) is 0 Å². The zero-order valence-electron chi connectivity index (χ0n) is 13.6. The Balaban J connectivity index is 2.61. The predicted molar refractivity (Wildman–Crippen MR) is 88.5 cm³/mol. The van der Waals surface area contributed by atoms with Crippen molar-refractivity contribution < 1.29 is 9.53 Å². The van der Waals surface area contributed by atoms with Crippen LogP contribution in [0.1, 0.15) is 39.2 Å². The maximum Gasteiger partial charge on any atom is 0.192 e. The van der Waals surface area contributed by atoms with Crippen LogP contribution < -0.4 is 0 Å². The average molecular weight is 295 g/mol. The zero-order valence-corrected chi connectivity index (χ0v) is 14.6. The molecule has 0 aliphatic carbocycles. The fraction of sp³-hybridized carbons (Fsp3) is 0.647. The summed E-state index contributed by atoms with van der Waals surface area (Å²) in [4.78, 5) is 0. The van der Waals surface area contributed by atoms with E-state index in [1.165, 1.54) is 5.56 Å². The first-order valence-electron chi connectivity index (χ1n) is 7.59. The lowest BCUT2D eigenvalue weighted by molar-refractivity contribution is 0.132. The fourth-order valence-corrected chi connectivity index (χ4v) is 3.39. The first kappa shape index (κ1) is 17.4. The smallest absolute Gasteiger partial charge is 0.192 e. The van der Waals surface area contributed by atoms with Gasteiger partial charge in [0, 0.05) is 12.7 Å². The molecule has 2 nitrogen and oxygen atoms in total. The van der Waals surface area contributed by atoms with Gasteiger partial charge in [-0.15, -0.1) is 0 Å². The van der Waals surface area contributed by atoms with Crippen molar-refractivity contribution in [2.45, 2.75) is 64.3 Å². The molecule has 0 saturated carbocycles. The van der Waals surface area contributed by atoms with Crippen molar-refractivity contribution in [3.05, 3.63) is 35.9 Å². The Morgan fingerprint density at radius 2 is 1.70 bits per heavy atom. The van der Waals surface area contributed by atoms with Gasteiger partial charge < -0.3 is 9.53 Å². The fourth-order valence-electron chi connectivity index (χ4n) is 1.97. The normalized spacial score (nSPS) is 14.3. The summed E-state index contributed by atoms with van der Waals surface area (Å²) in [7, 11) is -1.75. The van der Waals surface area contributed by atoms with Crippen molar-refractivity contribution in [2.24, 2.45) is 0 Å². The molecule has 1 aromatic rings. The van der Waals surface area contributed by atoms with Crippen LogP contribution in [0.4, 0.5) is 0 Å². The molecule has 3 heteroatoms. The number of benzene rings is 1. The molecule has 0 aliphatic rings. The minimum absolute atomic E-state index is 0.168. The summed E-state index contributed by atoms with van der Waals surface area (Å²) in [6.45, 7) is 11.5. The number of aliphatic hydroxyl groups is 1. The molecular weight excluding hydrogens is 264 g/mol. The Morgan fingerprint density at radius 1 is 1.10 bits per heavy atom. The minimum atomic E-state index is -1.75. The third-order valence-electron chi connectivity index (χ3n) is 4.32. The quantitative estimate of drug-likeness (QED) is 0.756. The molecule has 20 heavy (non-hydrogen) atoms. The largest absolute Gasteiger partial charge is 0.414 e. The summed E-state index contributed by atoms with van der Waals surface area (Å²) < 4.78 is 6.44. The second-order valence-corrected chi connectivity index (χ2v) is 11.8. The molecule has 0 heterocycles. The van der Waals surface area contributed by atoms with E-state index >= 15 is 0 Å². The first-order chi connectivity index (χ1) is 9.26. The van der Waals surface area contributed by atoms with Crippen molar-refractivity contribution in [1.29, 1.82) is 0 Å². The number of rotatable bonds is 7. The summed E-state index contributed by atoms with van der Waals surface area (Å²) in [5.41, 5.74) is 1.34. The third-order valence-corrected chi connectivity index (χ3v) is 8.85. The molecule has 1 N–H and O–H groups in total. The molecule has 0 amide bonds. The van der Waals surface area contributed by atoms with Crippen molar-refractivity contribution in [3.8, 4) is 0 Å². The standard InChI is InChI=1S/C17H30O2Si/c1-17(2,3)20(4,5)19-16(13-14-18)12-11-15-9-7-6-8-10-15/h6-10,16,18H,11-14H2,1-5H3/t16-/m0/s1. The molecule has 0 radical (unpaired) electrons. The molecule has 0 saturated heterocycles. The van der Waals surface area contributed by atoms with Gasteiger partial charge in [0.1, 0.15) is 0 Å². The van der Waals surface area contributed by atoms with E-state index < -0.39 is 8.32 Å². The Kier molecular flexibility index (Phi) is 6.43. The molecular formula is C17H30O2Si. The van der Waals surface area contributed by atoms with Gasteiger partial charge >= 0.3 is 0 Å². The van der Waals surface area contributed by atoms with Crippen molar-refractivity contribution in [1.82, 2.24) is 0 Å². The summed E-state index contributed by atoms with van der Waals surface area (Å²) in [5.74, 6) is 0.